The molecule has 0 saturated heterocycles. The molecule has 4 heteroatoms. The fourth-order valence-corrected chi connectivity index (χ4v) is 1.56. The van der Waals surface area contributed by atoms with E-state index in [-0.39, 0.29) is 29.6 Å². The predicted octanol–water partition coefficient (Wildman–Crippen LogP) is -0.587. The summed E-state index contributed by atoms with van der Waals surface area (Å²) < 4.78 is 5.58. The first-order valence-electron chi connectivity index (χ1n) is 6.34. The van der Waals surface area contributed by atoms with Gasteiger partial charge < -0.3 is 14.6 Å². The zero-order valence-corrected chi connectivity index (χ0v) is 13.7. The van der Waals surface area contributed by atoms with E-state index in [9.17, 15) is 9.90 Å². The number of carboxylic acids is 1. The van der Waals surface area contributed by atoms with Crippen molar-refractivity contribution in [3.05, 3.63) is 35.9 Å². The summed E-state index contributed by atoms with van der Waals surface area (Å²) in [5.41, 5.74) is 0.817. The Morgan fingerprint density at radius 3 is 2.47 bits per heavy atom. The van der Waals surface area contributed by atoms with Crippen LogP contribution in [0.3, 0.4) is 0 Å². The van der Waals surface area contributed by atoms with Gasteiger partial charge in [-0.05, 0) is 30.2 Å². The largest absolute Gasteiger partial charge is 1.00 e. The van der Waals surface area contributed by atoms with Crippen molar-refractivity contribution in [2.24, 2.45) is 0 Å². The van der Waals surface area contributed by atoms with E-state index in [1.165, 1.54) is 25.3 Å². The molecular weight excluding hydrogens is 251 g/mol. The summed E-state index contributed by atoms with van der Waals surface area (Å²) >= 11 is 0. The first kappa shape index (κ1) is 18.2. The molecule has 0 N–H and O–H groups in total. The van der Waals surface area contributed by atoms with Crippen LogP contribution in [0, 0.1) is 0 Å². The van der Waals surface area contributed by atoms with Crippen molar-refractivity contribution in [3.63, 3.8) is 0 Å². The van der Waals surface area contributed by atoms with Gasteiger partial charge in [0.25, 0.3) is 0 Å². The molecular formula is C15H19NaO3. The second-order valence-corrected chi connectivity index (χ2v) is 4.13. The molecule has 0 aromatic heterocycles. The van der Waals surface area contributed by atoms with Crippen LogP contribution in [0.5, 0.6) is 5.75 Å². The molecule has 1 aromatic rings. The van der Waals surface area contributed by atoms with Gasteiger partial charge in [0.2, 0.25) is 0 Å². The van der Waals surface area contributed by atoms with Crippen molar-refractivity contribution < 1.29 is 44.2 Å². The van der Waals surface area contributed by atoms with E-state index < -0.39 is 5.97 Å². The molecule has 0 spiro atoms. The van der Waals surface area contributed by atoms with Crippen molar-refractivity contribution in [2.45, 2.75) is 32.6 Å². The van der Waals surface area contributed by atoms with E-state index in [2.05, 4.69) is 6.92 Å². The van der Waals surface area contributed by atoms with E-state index in [1.807, 2.05) is 24.3 Å². The van der Waals surface area contributed by atoms with E-state index in [0.29, 0.717) is 0 Å². The average Bonchev–Trinajstić information content (AvgIpc) is 2.37. The maximum absolute atomic E-state index is 10.2. The maximum Gasteiger partial charge on any atom is 1.00 e. The second-order valence-electron chi connectivity index (χ2n) is 4.13. The Morgan fingerprint density at radius 1 is 1.21 bits per heavy atom. The summed E-state index contributed by atoms with van der Waals surface area (Å²) in [5.74, 6) is -0.372. The predicted molar refractivity (Wildman–Crippen MR) is 70.1 cm³/mol. The van der Waals surface area contributed by atoms with E-state index in [0.717, 1.165) is 30.4 Å². The van der Waals surface area contributed by atoms with Crippen molar-refractivity contribution >= 4 is 12.0 Å². The molecule has 1 rings (SSSR count). The molecule has 0 heterocycles. The van der Waals surface area contributed by atoms with Gasteiger partial charge in [-0.2, -0.15) is 0 Å². The molecule has 19 heavy (non-hydrogen) atoms. The Bertz CT molecular complexity index is 385. The molecule has 0 aliphatic rings. The van der Waals surface area contributed by atoms with Crippen LogP contribution in [-0.4, -0.2) is 12.6 Å². The summed E-state index contributed by atoms with van der Waals surface area (Å²) in [6.45, 7) is 2.91. The molecule has 0 radical (unpaired) electrons. The van der Waals surface area contributed by atoms with Crippen LogP contribution in [0.15, 0.2) is 30.3 Å². The van der Waals surface area contributed by atoms with Gasteiger partial charge in [0, 0.05) is 0 Å². The maximum atomic E-state index is 10.2. The van der Waals surface area contributed by atoms with Gasteiger partial charge in [0.15, 0.2) is 0 Å². The van der Waals surface area contributed by atoms with Crippen LogP contribution in [0.2, 0.25) is 0 Å². The summed E-state index contributed by atoms with van der Waals surface area (Å²) in [6, 6.07) is 7.32. The first-order chi connectivity index (χ1) is 8.72. The molecule has 0 aliphatic heterocycles. The SMILES string of the molecule is CCCCCCOc1ccc(C=CC(=O)[O-])cc1.[Na+]. The molecule has 0 amide bonds. The zero-order valence-electron chi connectivity index (χ0n) is 11.7. The third-order valence-electron chi connectivity index (χ3n) is 2.56. The Balaban J connectivity index is 0.00000324. The summed E-state index contributed by atoms with van der Waals surface area (Å²) in [4.78, 5) is 10.2. The topological polar surface area (TPSA) is 49.4 Å². The number of carboxylic acid groups (broad SMARTS) is 1. The molecule has 0 bridgehead atoms. The van der Waals surface area contributed by atoms with Gasteiger partial charge in [0.1, 0.15) is 5.75 Å². The number of benzene rings is 1. The number of carbonyl (C=O) groups is 1. The van der Waals surface area contributed by atoms with Crippen molar-refractivity contribution in [1.29, 1.82) is 0 Å². The summed E-state index contributed by atoms with van der Waals surface area (Å²) in [5, 5.41) is 10.2. The van der Waals surface area contributed by atoms with Crippen molar-refractivity contribution in [2.75, 3.05) is 6.61 Å². The average molecular weight is 270 g/mol. The van der Waals surface area contributed by atoms with Crippen LogP contribution in [0.1, 0.15) is 38.2 Å². The number of unbranched alkanes of at least 4 members (excludes halogenated alkanes) is 3. The van der Waals surface area contributed by atoms with E-state index in [4.69, 9.17) is 4.74 Å². The third kappa shape index (κ3) is 8.87. The minimum absolute atomic E-state index is 0. The van der Waals surface area contributed by atoms with Crippen LogP contribution < -0.4 is 39.4 Å². The van der Waals surface area contributed by atoms with Gasteiger partial charge in [0.05, 0.1) is 12.6 Å². The van der Waals surface area contributed by atoms with Gasteiger partial charge in [-0.25, -0.2) is 0 Å². The molecule has 0 atom stereocenters. The second kappa shape index (κ2) is 11.1. The fraction of sp³-hybridized carbons (Fsp3) is 0.400. The Labute approximate surface area is 137 Å². The number of rotatable bonds is 8. The molecule has 1 aromatic carbocycles. The van der Waals surface area contributed by atoms with Gasteiger partial charge in [-0.3, -0.25) is 0 Å². The smallest absolute Gasteiger partial charge is 0.545 e. The van der Waals surface area contributed by atoms with Crippen LogP contribution in [0.4, 0.5) is 0 Å². The van der Waals surface area contributed by atoms with E-state index >= 15 is 0 Å². The number of hydrogen-bond donors (Lipinski definition) is 0. The Hall–Kier alpha value is -0.770. The Kier molecular flexibility index (Phi) is 10.6. The molecule has 3 nitrogen and oxygen atoms in total. The third-order valence-corrected chi connectivity index (χ3v) is 2.56. The van der Waals surface area contributed by atoms with Crippen LogP contribution in [-0.2, 0) is 4.79 Å². The molecule has 0 aliphatic carbocycles. The number of aliphatic carboxylic acids is 1. The number of ether oxygens (including phenoxy) is 1. The van der Waals surface area contributed by atoms with Crippen LogP contribution in [0.25, 0.3) is 6.08 Å². The molecule has 98 valence electrons. The standard InChI is InChI=1S/C15H20O3.Na/c1-2-3-4-5-12-18-14-9-6-13(7-10-14)8-11-15(16)17;/h6-11H,2-5,12H2,1H3,(H,16,17);/q;+1/p-1. The summed E-state index contributed by atoms with van der Waals surface area (Å²) in [6.07, 6.45) is 7.25. The monoisotopic (exact) mass is 270 g/mol. The minimum atomic E-state index is -1.19. The number of hydrogen-bond acceptors (Lipinski definition) is 3. The van der Waals surface area contributed by atoms with Crippen molar-refractivity contribution in [3.8, 4) is 5.75 Å². The number of carbonyl (C=O) groups excluding carboxylic acids is 1. The Morgan fingerprint density at radius 2 is 1.89 bits per heavy atom. The van der Waals surface area contributed by atoms with E-state index in [1.54, 1.807) is 0 Å². The van der Waals surface area contributed by atoms with Gasteiger partial charge in [-0.15, -0.1) is 0 Å². The molecule has 0 unspecified atom stereocenters. The summed E-state index contributed by atoms with van der Waals surface area (Å²) in [7, 11) is 0. The van der Waals surface area contributed by atoms with Crippen LogP contribution >= 0.6 is 0 Å². The zero-order chi connectivity index (χ0) is 13.2. The quantitative estimate of drug-likeness (QED) is 0.360. The van der Waals surface area contributed by atoms with Gasteiger partial charge in [-0.1, -0.05) is 44.4 Å². The normalized spacial score (nSPS) is 10.2. The van der Waals surface area contributed by atoms with Crippen molar-refractivity contribution in [1.82, 2.24) is 0 Å². The minimum Gasteiger partial charge on any atom is -0.545 e. The fourth-order valence-electron chi connectivity index (χ4n) is 1.56. The molecule has 0 fully saturated rings. The first-order valence-corrected chi connectivity index (χ1v) is 6.34. The van der Waals surface area contributed by atoms with Gasteiger partial charge >= 0.3 is 29.6 Å². The molecule has 0 saturated carbocycles.